The van der Waals surface area contributed by atoms with Crippen molar-refractivity contribution in [2.24, 2.45) is 11.7 Å². The summed E-state index contributed by atoms with van der Waals surface area (Å²) in [5.74, 6) is -0.353. The van der Waals surface area contributed by atoms with Crippen LogP contribution in [0, 0.1) is 5.92 Å². The van der Waals surface area contributed by atoms with Crippen molar-refractivity contribution in [3.63, 3.8) is 0 Å². The molecule has 1 amide bonds. The zero-order chi connectivity index (χ0) is 14.7. The molecule has 3 atom stereocenters. The van der Waals surface area contributed by atoms with E-state index in [4.69, 9.17) is 11.5 Å². The van der Waals surface area contributed by atoms with Crippen molar-refractivity contribution in [3.05, 3.63) is 29.8 Å². The Bertz CT molecular complexity index is 461. The minimum absolute atomic E-state index is 0.107. The van der Waals surface area contributed by atoms with Gasteiger partial charge in [-0.2, -0.15) is 0 Å². The van der Waals surface area contributed by atoms with Gasteiger partial charge in [0, 0.05) is 24.8 Å². The number of nitrogens with zero attached hydrogens (tertiary/aromatic N) is 1. The lowest BCUT2D eigenvalue weighted by Gasteiger charge is -2.38. The van der Waals surface area contributed by atoms with Crippen LogP contribution in [0.5, 0.6) is 0 Å². The quantitative estimate of drug-likeness (QED) is 0.713. The zero-order valence-electron chi connectivity index (χ0n) is 11.8. The maximum absolute atomic E-state index is 11.3. The van der Waals surface area contributed by atoms with Gasteiger partial charge in [0.2, 0.25) is 5.91 Å². The lowest BCUT2D eigenvalue weighted by Crippen LogP contribution is -2.47. The number of nitrogens with two attached hydrogens (primary N) is 2. The number of benzene rings is 1. The van der Waals surface area contributed by atoms with Crippen LogP contribution in [0.3, 0.4) is 0 Å². The fourth-order valence-electron chi connectivity index (χ4n) is 2.71. The number of primary amides is 1. The minimum Gasteiger partial charge on any atom is -0.399 e. The van der Waals surface area contributed by atoms with Gasteiger partial charge in [0.15, 0.2) is 0 Å². The third kappa shape index (κ3) is 3.49. The van der Waals surface area contributed by atoms with Crippen molar-refractivity contribution in [1.82, 2.24) is 4.90 Å². The van der Waals surface area contributed by atoms with Crippen LogP contribution >= 0.6 is 0 Å². The first-order chi connectivity index (χ1) is 9.47. The second-order valence-corrected chi connectivity index (χ2v) is 5.66. The van der Waals surface area contributed by atoms with Crippen LogP contribution < -0.4 is 11.5 Å². The van der Waals surface area contributed by atoms with Crippen molar-refractivity contribution in [3.8, 4) is 0 Å². The number of aliphatic hydroxyl groups excluding tert-OH is 1. The maximum atomic E-state index is 11.3. The molecule has 1 aromatic rings. The Labute approximate surface area is 119 Å². The Morgan fingerprint density at radius 1 is 1.40 bits per heavy atom. The van der Waals surface area contributed by atoms with Gasteiger partial charge in [0.1, 0.15) is 0 Å². The van der Waals surface area contributed by atoms with Gasteiger partial charge in [0.25, 0.3) is 0 Å². The van der Waals surface area contributed by atoms with E-state index < -0.39 is 6.10 Å². The standard InChI is InChI=1S/C15H23N3O2/c1-10-2-3-12(15(17)20)8-18(10)9-14(19)11-4-6-13(16)7-5-11/h4-7,10,12,14,19H,2-3,8-9,16H2,1H3,(H2,17,20). The first kappa shape index (κ1) is 14.8. The van der Waals surface area contributed by atoms with Crippen LogP contribution in [0.25, 0.3) is 0 Å². The summed E-state index contributed by atoms with van der Waals surface area (Å²) in [6.45, 7) is 3.25. The van der Waals surface area contributed by atoms with E-state index in [-0.39, 0.29) is 11.8 Å². The molecule has 1 aromatic carbocycles. The monoisotopic (exact) mass is 277 g/mol. The lowest BCUT2D eigenvalue weighted by molar-refractivity contribution is -0.124. The number of aliphatic hydroxyl groups is 1. The number of carbonyl (C=O) groups excluding carboxylic acids is 1. The normalized spacial score (nSPS) is 25.3. The lowest BCUT2D eigenvalue weighted by atomic mass is 9.92. The summed E-state index contributed by atoms with van der Waals surface area (Å²) in [4.78, 5) is 13.5. The predicted octanol–water partition coefficient (Wildman–Crippen LogP) is 0.888. The third-order valence-electron chi connectivity index (χ3n) is 4.14. The molecular weight excluding hydrogens is 254 g/mol. The molecule has 0 saturated carbocycles. The summed E-state index contributed by atoms with van der Waals surface area (Å²) in [5, 5.41) is 10.3. The number of anilines is 1. The Hall–Kier alpha value is -1.59. The summed E-state index contributed by atoms with van der Waals surface area (Å²) in [6, 6.07) is 7.59. The van der Waals surface area contributed by atoms with E-state index in [1.54, 1.807) is 12.1 Å². The van der Waals surface area contributed by atoms with Gasteiger partial charge in [-0.05, 0) is 37.5 Å². The molecule has 0 aliphatic carbocycles. The number of hydrogen-bond donors (Lipinski definition) is 3. The summed E-state index contributed by atoms with van der Waals surface area (Å²) in [5.41, 5.74) is 12.6. The van der Waals surface area contributed by atoms with Crippen LogP contribution in [0.15, 0.2) is 24.3 Å². The van der Waals surface area contributed by atoms with Gasteiger partial charge in [0.05, 0.1) is 12.0 Å². The average molecular weight is 277 g/mol. The minimum atomic E-state index is -0.579. The van der Waals surface area contributed by atoms with Crippen molar-refractivity contribution >= 4 is 11.6 Å². The number of β-amino-alcohol motifs (C(OH)–C–C–N with tert-alkyl or cyclic N) is 1. The first-order valence-electron chi connectivity index (χ1n) is 7.04. The number of carbonyl (C=O) groups is 1. The van der Waals surface area contributed by atoms with Crippen LogP contribution in [-0.4, -0.2) is 35.0 Å². The van der Waals surface area contributed by atoms with Crippen LogP contribution in [0.2, 0.25) is 0 Å². The van der Waals surface area contributed by atoms with E-state index in [1.807, 2.05) is 12.1 Å². The van der Waals surface area contributed by atoms with E-state index in [9.17, 15) is 9.90 Å². The van der Waals surface area contributed by atoms with Gasteiger partial charge < -0.3 is 16.6 Å². The molecule has 1 fully saturated rings. The molecule has 1 heterocycles. The molecule has 2 rings (SSSR count). The zero-order valence-corrected chi connectivity index (χ0v) is 11.8. The fourth-order valence-corrected chi connectivity index (χ4v) is 2.71. The maximum Gasteiger partial charge on any atom is 0.221 e. The van der Waals surface area contributed by atoms with Crippen molar-refractivity contribution < 1.29 is 9.90 Å². The second-order valence-electron chi connectivity index (χ2n) is 5.66. The highest BCUT2D eigenvalue weighted by atomic mass is 16.3. The molecule has 0 aromatic heterocycles. The van der Waals surface area contributed by atoms with E-state index in [0.29, 0.717) is 24.8 Å². The molecule has 110 valence electrons. The van der Waals surface area contributed by atoms with E-state index in [2.05, 4.69) is 11.8 Å². The Morgan fingerprint density at radius 2 is 2.05 bits per heavy atom. The molecule has 1 aliphatic rings. The molecule has 20 heavy (non-hydrogen) atoms. The highest BCUT2D eigenvalue weighted by Gasteiger charge is 2.29. The number of amides is 1. The van der Waals surface area contributed by atoms with Gasteiger partial charge in [-0.15, -0.1) is 0 Å². The Kier molecular flexibility index (Phi) is 4.62. The molecule has 3 unspecified atom stereocenters. The SMILES string of the molecule is CC1CCC(C(N)=O)CN1CC(O)c1ccc(N)cc1. The van der Waals surface area contributed by atoms with Crippen LogP contribution in [0.1, 0.15) is 31.4 Å². The number of hydrogen-bond acceptors (Lipinski definition) is 4. The molecule has 0 spiro atoms. The van der Waals surface area contributed by atoms with Gasteiger partial charge >= 0.3 is 0 Å². The number of piperidine rings is 1. The molecule has 1 saturated heterocycles. The largest absolute Gasteiger partial charge is 0.399 e. The third-order valence-corrected chi connectivity index (χ3v) is 4.14. The molecule has 5 heteroatoms. The van der Waals surface area contributed by atoms with Crippen molar-refractivity contribution in [1.29, 1.82) is 0 Å². The molecule has 1 aliphatic heterocycles. The Balaban J connectivity index is 2.00. The molecule has 5 nitrogen and oxygen atoms in total. The van der Waals surface area contributed by atoms with Gasteiger partial charge in [-0.25, -0.2) is 0 Å². The topological polar surface area (TPSA) is 92.6 Å². The summed E-state index contributed by atoms with van der Waals surface area (Å²) < 4.78 is 0. The van der Waals surface area contributed by atoms with E-state index in [0.717, 1.165) is 18.4 Å². The summed E-state index contributed by atoms with van der Waals surface area (Å²) >= 11 is 0. The highest BCUT2D eigenvalue weighted by molar-refractivity contribution is 5.77. The molecule has 5 N–H and O–H groups in total. The van der Waals surface area contributed by atoms with Crippen LogP contribution in [0.4, 0.5) is 5.69 Å². The number of likely N-dealkylation sites (tertiary alicyclic amines) is 1. The summed E-state index contributed by atoms with van der Waals surface area (Å²) in [7, 11) is 0. The first-order valence-corrected chi connectivity index (χ1v) is 7.04. The summed E-state index contributed by atoms with van der Waals surface area (Å²) in [6.07, 6.45) is 1.19. The predicted molar refractivity (Wildman–Crippen MR) is 78.8 cm³/mol. The highest BCUT2D eigenvalue weighted by Crippen LogP contribution is 2.24. The van der Waals surface area contributed by atoms with Crippen LogP contribution in [-0.2, 0) is 4.79 Å². The van der Waals surface area contributed by atoms with E-state index in [1.165, 1.54) is 0 Å². The van der Waals surface area contributed by atoms with Gasteiger partial charge in [-0.1, -0.05) is 12.1 Å². The molecule has 0 radical (unpaired) electrons. The molecular formula is C15H23N3O2. The fraction of sp³-hybridized carbons (Fsp3) is 0.533. The smallest absolute Gasteiger partial charge is 0.221 e. The average Bonchev–Trinajstić information content (AvgIpc) is 2.41. The Morgan fingerprint density at radius 3 is 2.65 bits per heavy atom. The van der Waals surface area contributed by atoms with E-state index >= 15 is 0 Å². The number of rotatable bonds is 4. The van der Waals surface area contributed by atoms with Gasteiger partial charge in [-0.3, -0.25) is 9.69 Å². The molecule has 0 bridgehead atoms. The van der Waals surface area contributed by atoms with Crippen molar-refractivity contribution in [2.45, 2.75) is 31.9 Å². The number of nitrogen functional groups attached to an aromatic ring is 1. The second kappa shape index (κ2) is 6.24. The van der Waals surface area contributed by atoms with Crippen molar-refractivity contribution in [2.75, 3.05) is 18.8 Å².